The maximum atomic E-state index is 10.4. The van der Waals surface area contributed by atoms with Gasteiger partial charge in [0.15, 0.2) is 11.5 Å². The van der Waals surface area contributed by atoms with Crippen molar-refractivity contribution in [2.75, 3.05) is 26.3 Å². The highest BCUT2D eigenvalue weighted by molar-refractivity contribution is 5.44. The number of β-amino-alcohol motifs (C(OH)–C–C–N with tert-alkyl or cyclic N) is 1. The molecule has 1 aromatic heterocycles. The molecule has 0 radical (unpaired) electrons. The highest BCUT2D eigenvalue weighted by Gasteiger charge is 2.28. The summed E-state index contributed by atoms with van der Waals surface area (Å²) in [5.74, 6) is 1.66. The Morgan fingerprint density at radius 1 is 1.21 bits per heavy atom. The van der Waals surface area contributed by atoms with Crippen LogP contribution in [0.25, 0.3) is 0 Å². The van der Waals surface area contributed by atoms with Gasteiger partial charge < -0.3 is 14.6 Å². The Morgan fingerprint density at radius 3 is 2.92 bits per heavy atom. The quantitative estimate of drug-likeness (QED) is 0.907. The van der Waals surface area contributed by atoms with Crippen molar-refractivity contribution in [3.8, 4) is 11.5 Å². The molecule has 2 aliphatic rings. The van der Waals surface area contributed by atoms with E-state index in [1.165, 1.54) is 5.56 Å². The van der Waals surface area contributed by atoms with E-state index in [4.69, 9.17) is 9.47 Å². The first kappa shape index (κ1) is 15.5. The third-order valence-electron chi connectivity index (χ3n) is 4.72. The lowest BCUT2D eigenvalue weighted by molar-refractivity contribution is 0.0889. The van der Waals surface area contributed by atoms with Crippen LogP contribution >= 0.6 is 0 Å². The smallest absolute Gasteiger partial charge is 0.161 e. The second-order valence-corrected chi connectivity index (χ2v) is 6.44. The molecule has 128 valence electrons. The number of aliphatic hydroxyl groups is 1. The van der Waals surface area contributed by atoms with Gasteiger partial charge in [-0.05, 0) is 43.1 Å². The molecule has 1 saturated heterocycles. The van der Waals surface area contributed by atoms with E-state index in [1.807, 2.05) is 18.3 Å². The van der Waals surface area contributed by atoms with Crippen LogP contribution in [0.2, 0.25) is 0 Å². The van der Waals surface area contributed by atoms with E-state index in [0.717, 1.165) is 30.9 Å². The monoisotopic (exact) mass is 329 g/mol. The van der Waals surface area contributed by atoms with Crippen molar-refractivity contribution in [3.63, 3.8) is 0 Å². The van der Waals surface area contributed by atoms with Crippen molar-refractivity contribution in [1.29, 1.82) is 0 Å². The van der Waals surface area contributed by atoms with Crippen LogP contribution in [-0.2, 0) is 6.54 Å². The van der Waals surface area contributed by atoms with Gasteiger partial charge in [-0.1, -0.05) is 6.07 Å². The maximum absolute atomic E-state index is 10.4. The van der Waals surface area contributed by atoms with Gasteiger partial charge in [-0.15, -0.1) is 0 Å². The molecule has 1 fully saturated rings. The van der Waals surface area contributed by atoms with Gasteiger partial charge in [-0.25, -0.2) is 0 Å². The van der Waals surface area contributed by atoms with Crippen LogP contribution in [0.3, 0.4) is 0 Å². The predicted octanol–water partition coefficient (Wildman–Crippen LogP) is 1.85. The van der Waals surface area contributed by atoms with Crippen molar-refractivity contribution in [3.05, 3.63) is 42.2 Å². The highest BCUT2D eigenvalue weighted by Crippen LogP contribution is 2.38. The topological polar surface area (TPSA) is 59.8 Å². The lowest BCUT2D eigenvalue weighted by Gasteiger charge is -2.28. The van der Waals surface area contributed by atoms with Crippen LogP contribution in [0, 0.1) is 0 Å². The molecule has 2 aromatic rings. The van der Waals surface area contributed by atoms with Crippen molar-refractivity contribution in [1.82, 2.24) is 14.7 Å². The van der Waals surface area contributed by atoms with E-state index in [1.54, 1.807) is 10.9 Å². The van der Waals surface area contributed by atoms with Crippen LogP contribution in [0.1, 0.15) is 24.4 Å². The average Bonchev–Trinajstić information content (AvgIpc) is 3.26. The van der Waals surface area contributed by atoms with Gasteiger partial charge in [0.2, 0.25) is 0 Å². The van der Waals surface area contributed by atoms with Crippen molar-refractivity contribution >= 4 is 0 Å². The van der Waals surface area contributed by atoms with Crippen LogP contribution in [0.15, 0.2) is 36.7 Å². The van der Waals surface area contributed by atoms with Crippen LogP contribution in [0.4, 0.5) is 0 Å². The van der Waals surface area contributed by atoms with Gasteiger partial charge in [0.25, 0.3) is 0 Å². The molecule has 4 rings (SSSR count). The summed E-state index contributed by atoms with van der Waals surface area (Å²) < 4.78 is 13.1. The minimum absolute atomic E-state index is 0.327. The highest BCUT2D eigenvalue weighted by atomic mass is 16.6. The van der Waals surface area contributed by atoms with E-state index in [2.05, 4.69) is 22.1 Å². The maximum Gasteiger partial charge on any atom is 0.161 e. The second-order valence-electron chi connectivity index (χ2n) is 6.44. The van der Waals surface area contributed by atoms with E-state index in [0.29, 0.717) is 32.3 Å². The number of ether oxygens (including phenoxy) is 2. The van der Waals surface area contributed by atoms with Gasteiger partial charge in [-0.2, -0.15) is 5.10 Å². The molecule has 1 N–H and O–H groups in total. The molecule has 0 amide bonds. The average molecular weight is 329 g/mol. The van der Waals surface area contributed by atoms with Gasteiger partial charge >= 0.3 is 0 Å². The number of hydrogen-bond acceptors (Lipinski definition) is 5. The van der Waals surface area contributed by atoms with E-state index in [-0.39, 0.29) is 0 Å². The number of nitrogens with zero attached hydrogens (tertiary/aromatic N) is 3. The molecule has 1 aromatic carbocycles. The van der Waals surface area contributed by atoms with Crippen molar-refractivity contribution in [2.45, 2.75) is 31.5 Å². The second kappa shape index (κ2) is 6.83. The molecule has 0 unspecified atom stereocenters. The summed E-state index contributed by atoms with van der Waals surface area (Å²) in [6.45, 7) is 3.40. The zero-order valence-corrected chi connectivity index (χ0v) is 13.7. The minimum Gasteiger partial charge on any atom is -0.486 e. The summed E-state index contributed by atoms with van der Waals surface area (Å²) in [7, 11) is 0. The molecule has 0 saturated carbocycles. The third-order valence-corrected chi connectivity index (χ3v) is 4.72. The first-order valence-electron chi connectivity index (χ1n) is 8.59. The molecule has 6 nitrogen and oxygen atoms in total. The largest absolute Gasteiger partial charge is 0.486 e. The SMILES string of the molecule is O[C@H](CN1CCC[C@H]1c1ccc2c(c1)OCCO2)Cn1cccn1. The number of aromatic nitrogens is 2. The molecule has 24 heavy (non-hydrogen) atoms. The summed E-state index contributed by atoms with van der Waals surface area (Å²) in [6.07, 6.45) is 5.44. The zero-order valence-electron chi connectivity index (χ0n) is 13.7. The summed E-state index contributed by atoms with van der Waals surface area (Å²) >= 11 is 0. The zero-order chi connectivity index (χ0) is 16.4. The third kappa shape index (κ3) is 3.25. The molecule has 0 spiro atoms. The lowest BCUT2D eigenvalue weighted by Crippen LogP contribution is -2.34. The van der Waals surface area contributed by atoms with Gasteiger partial charge in [0.05, 0.1) is 12.6 Å². The first-order chi connectivity index (χ1) is 11.8. The Hall–Kier alpha value is -2.05. The fraction of sp³-hybridized carbons (Fsp3) is 0.500. The number of benzene rings is 1. The molecular weight excluding hydrogens is 306 g/mol. The lowest BCUT2D eigenvalue weighted by atomic mass is 10.0. The Bertz CT molecular complexity index is 674. The predicted molar refractivity (Wildman–Crippen MR) is 89.2 cm³/mol. The van der Waals surface area contributed by atoms with Crippen LogP contribution in [-0.4, -0.2) is 52.2 Å². The first-order valence-corrected chi connectivity index (χ1v) is 8.59. The van der Waals surface area contributed by atoms with E-state index in [9.17, 15) is 5.11 Å². The Kier molecular flexibility index (Phi) is 4.40. The Labute approximate surface area is 141 Å². The van der Waals surface area contributed by atoms with Crippen LogP contribution < -0.4 is 9.47 Å². The van der Waals surface area contributed by atoms with Crippen molar-refractivity contribution in [2.24, 2.45) is 0 Å². The fourth-order valence-corrected chi connectivity index (χ4v) is 3.64. The minimum atomic E-state index is -0.428. The summed E-state index contributed by atoms with van der Waals surface area (Å²) in [4.78, 5) is 2.36. The molecular formula is C18H23N3O3. The van der Waals surface area contributed by atoms with Gasteiger partial charge in [0.1, 0.15) is 13.2 Å². The molecule has 0 bridgehead atoms. The number of fused-ring (bicyclic) bond motifs is 1. The molecule has 0 aliphatic carbocycles. The molecule has 3 heterocycles. The number of aliphatic hydroxyl groups excluding tert-OH is 1. The molecule has 2 aliphatic heterocycles. The Morgan fingerprint density at radius 2 is 2.08 bits per heavy atom. The summed E-state index contributed by atoms with van der Waals surface area (Å²) in [5, 5.41) is 14.6. The standard InChI is InChI=1S/C18H23N3O3/c22-15(13-21-8-2-6-19-21)12-20-7-1-3-16(20)14-4-5-17-18(11-14)24-10-9-23-17/h2,4-6,8,11,15-16,22H,1,3,7,9-10,12-13H2/t15-,16+/m1/s1. The van der Waals surface area contributed by atoms with Gasteiger partial charge in [0, 0.05) is 25.0 Å². The molecule has 2 atom stereocenters. The molecule has 6 heteroatoms. The number of hydrogen-bond donors (Lipinski definition) is 1. The fourth-order valence-electron chi connectivity index (χ4n) is 3.64. The summed E-state index contributed by atoms with van der Waals surface area (Å²) in [6, 6.07) is 8.42. The van der Waals surface area contributed by atoms with E-state index >= 15 is 0 Å². The van der Waals surface area contributed by atoms with Crippen molar-refractivity contribution < 1.29 is 14.6 Å². The number of likely N-dealkylation sites (tertiary alicyclic amines) is 1. The van der Waals surface area contributed by atoms with Gasteiger partial charge in [-0.3, -0.25) is 9.58 Å². The summed E-state index contributed by atoms with van der Waals surface area (Å²) in [5.41, 5.74) is 1.24. The van der Waals surface area contributed by atoms with E-state index < -0.39 is 6.10 Å². The van der Waals surface area contributed by atoms with Crippen LogP contribution in [0.5, 0.6) is 11.5 Å². The Balaban J connectivity index is 1.44. The number of rotatable bonds is 5. The normalized spacial score (nSPS) is 21.8.